The van der Waals surface area contributed by atoms with Gasteiger partial charge in [-0.3, -0.25) is 5.10 Å². The summed E-state index contributed by atoms with van der Waals surface area (Å²) in [6.07, 6.45) is 1.63. The van der Waals surface area contributed by atoms with Gasteiger partial charge in [0.2, 0.25) is 5.95 Å². The average molecular weight is 272 g/mol. The molecule has 3 rings (SSSR count). The first kappa shape index (κ1) is 12.3. The van der Waals surface area contributed by atoms with Gasteiger partial charge in [-0.15, -0.1) is 0 Å². The summed E-state index contributed by atoms with van der Waals surface area (Å²) in [5.41, 5.74) is 7.18. The highest BCUT2D eigenvalue weighted by Crippen LogP contribution is 2.24. The molecule has 7 heteroatoms. The SMILES string of the molecule is CC(Nc1nc(N)nc2[nH]ncc12)c1ccc(F)cc1. The first-order valence-corrected chi connectivity index (χ1v) is 6.12. The predicted octanol–water partition coefficient (Wildman–Crippen LogP) is 2.25. The number of aromatic amines is 1. The van der Waals surface area contributed by atoms with E-state index in [0.717, 1.165) is 10.9 Å². The quantitative estimate of drug-likeness (QED) is 0.680. The van der Waals surface area contributed by atoms with Crippen LogP contribution in [0, 0.1) is 5.82 Å². The second kappa shape index (κ2) is 4.76. The van der Waals surface area contributed by atoms with Crippen molar-refractivity contribution in [2.24, 2.45) is 0 Å². The van der Waals surface area contributed by atoms with Gasteiger partial charge in [0.15, 0.2) is 5.65 Å². The van der Waals surface area contributed by atoms with Crippen LogP contribution in [0.3, 0.4) is 0 Å². The predicted molar refractivity (Wildman–Crippen MR) is 74.5 cm³/mol. The maximum Gasteiger partial charge on any atom is 0.224 e. The van der Waals surface area contributed by atoms with Crippen LogP contribution in [0.25, 0.3) is 11.0 Å². The number of nitrogens with two attached hydrogens (primary N) is 1. The number of aromatic nitrogens is 4. The molecule has 0 fully saturated rings. The van der Waals surface area contributed by atoms with Crippen LogP contribution in [0.4, 0.5) is 16.2 Å². The van der Waals surface area contributed by atoms with E-state index in [-0.39, 0.29) is 17.8 Å². The molecular formula is C13H13FN6. The largest absolute Gasteiger partial charge is 0.368 e. The Bertz CT molecular complexity index is 736. The molecule has 0 bridgehead atoms. The van der Waals surface area contributed by atoms with Gasteiger partial charge in [-0.2, -0.15) is 15.1 Å². The molecule has 20 heavy (non-hydrogen) atoms. The molecule has 2 aromatic heterocycles. The van der Waals surface area contributed by atoms with Crippen LogP contribution in [0.1, 0.15) is 18.5 Å². The number of anilines is 2. The molecule has 3 aromatic rings. The highest BCUT2D eigenvalue weighted by Gasteiger charge is 2.12. The molecule has 0 spiro atoms. The molecule has 102 valence electrons. The molecule has 4 N–H and O–H groups in total. The number of nitrogens with one attached hydrogen (secondary N) is 2. The zero-order chi connectivity index (χ0) is 14.1. The van der Waals surface area contributed by atoms with Crippen LogP contribution in [0.5, 0.6) is 0 Å². The van der Waals surface area contributed by atoms with Crippen molar-refractivity contribution in [3.63, 3.8) is 0 Å². The van der Waals surface area contributed by atoms with E-state index in [9.17, 15) is 4.39 Å². The second-order valence-corrected chi connectivity index (χ2v) is 4.48. The van der Waals surface area contributed by atoms with E-state index in [2.05, 4.69) is 25.5 Å². The summed E-state index contributed by atoms with van der Waals surface area (Å²) in [6, 6.07) is 6.25. The number of hydrogen-bond donors (Lipinski definition) is 3. The van der Waals surface area contributed by atoms with Crippen LogP contribution in [-0.4, -0.2) is 20.2 Å². The Morgan fingerprint density at radius 3 is 2.75 bits per heavy atom. The van der Waals surface area contributed by atoms with Crippen LogP contribution >= 0.6 is 0 Å². The molecule has 0 radical (unpaired) electrons. The van der Waals surface area contributed by atoms with Crippen molar-refractivity contribution in [3.8, 4) is 0 Å². The molecule has 0 saturated carbocycles. The number of hydrogen-bond acceptors (Lipinski definition) is 5. The number of nitrogen functional groups attached to an aromatic ring is 1. The lowest BCUT2D eigenvalue weighted by molar-refractivity contribution is 0.626. The van der Waals surface area contributed by atoms with Gasteiger partial charge in [0, 0.05) is 6.04 Å². The Labute approximate surface area is 114 Å². The lowest BCUT2D eigenvalue weighted by atomic mass is 10.1. The maximum absolute atomic E-state index is 12.9. The zero-order valence-electron chi connectivity index (χ0n) is 10.8. The summed E-state index contributed by atoms with van der Waals surface area (Å²) in [5, 5.41) is 10.7. The van der Waals surface area contributed by atoms with E-state index < -0.39 is 0 Å². The molecule has 0 aliphatic heterocycles. The zero-order valence-corrected chi connectivity index (χ0v) is 10.8. The Hall–Kier alpha value is -2.70. The van der Waals surface area contributed by atoms with E-state index in [4.69, 9.17) is 5.73 Å². The topological polar surface area (TPSA) is 92.5 Å². The van der Waals surface area contributed by atoms with Crippen LogP contribution < -0.4 is 11.1 Å². The number of H-pyrrole nitrogens is 1. The summed E-state index contributed by atoms with van der Waals surface area (Å²) >= 11 is 0. The van der Waals surface area contributed by atoms with Crippen molar-refractivity contribution in [2.45, 2.75) is 13.0 Å². The van der Waals surface area contributed by atoms with Crippen LogP contribution in [0.2, 0.25) is 0 Å². The molecule has 1 unspecified atom stereocenters. The maximum atomic E-state index is 12.9. The molecule has 0 saturated heterocycles. The third-order valence-corrected chi connectivity index (χ3v) is 3.05. The summed E-state index contributed by atoms with van der Waals surface area (Å²) in [6.45, 7) is 1.96. The van der Waals surface area contributed by atoms with Gasteiger partial charge in [0.05, 0.1) is 11.6 Å². The highest BCUT2D eigenvalue weighted by atomic mass is 19.1. The Morgan fingerprint density at radius 2 is 2.00 bits per heavy atom. The molecule has 0 aliphatic rings. The summed E-state index contributed by atoms with van der Waals surface area (Å²) in [5.74, 6) is 0.498. The van der Waals surface area contributed by atoms with Crippen molar-refractivity contribution >= 4 is 22.8 Å². The summed E-state index contributed by atoms with van der Waals surface area (Å²) in [4.78, 5) is 8.23. The Kier molecular flexibility index (Phi) is 2.94. The minimum atomic E-state index is -0.260. The van der Waals surface area contributed by atoms with E-state index >= 15 is 0 Å². The van der Waals surface area contributed by atoms with Gasteiger partial charge in [-0.05, 0) is 24.6 Å². The second-order valence-electron chi connectivity index (χ2n) is 4.48. The van der Waals surface area contributed by atoms with Gasteiger partial charge in [0.25, 0.3) is 0 Å². The van der Waals surface area contributed by atoms with Crippen molar-refractivity contribution in [3.05, 3.63) is 41.8 Å². The third-order valence-electron chi connectivity index (χ3n) is 3.05. The number of halogens is 1. The summed E-state index contributed by atoms with van der Waals surface area (Å²) in [7, 11) is 0. The van der Waals surface area contributed by atoms with Crippen molar-refractivity contribution in [1.82, 2.24) is 20.2 Å². The van der Waals surface area contributed by atoms with E-state index in [1.165, 1.54) is 12.1 Å². The molecule has 2 heterocycles. The molecule has 0 aliphatic carbocycles. The standard InChI is InChI=1S/C13H13FN6/c1-7(8-2-4-9(14)5-3-8)17-11-10-6-16-20-12(10)19-13(15)18-11/h2-7H,1H3,(H4,15,16,17,18,19,20). The van der Waals surface area contributed by atoms with Crippen molar-refractivity contribution < 1.29 is 4.39 Å². The van der Waals surface area contributed by atoms with Gasteiger partial charge < -0.3 is 11.1 Å². The fraction of sp³-hybridized carbons (Fsp3) is 0.154. The molecule has 6 nitrogen and oxygen atoms in total. The summed E-state index contributed by atoms with van der Waals surface area (Å²) < 4.78 is 12.9. The van der Waals surface area contributed by atoms with Gasteiger partial charge in [-0.1, -0.05) is 12.1 Å². The van der Waals surface area contributed by atoms with Crippen molar-refractivity contribution in [1.29, 1.82) is 0 Å². The minimum absolute atomic E-state index is 0.0528. The normalized spacial score (nSPS) is 12.5. The van der Waals surface area contributed by atoms with Crippen molar-refractivity contribution in [2.75, 3.05) is 11.1 Å². The van der Waals surface area contributed by atoms with Gasteiger partial charge in [0.1, 0.15) is 11.6 Å². The molecule has 0 amide bonds. The van der Waals surface area contributed by atoms with E-state index in [1.807, 2.05) is 6.92 Å². The molecule has 1 aromatic carbocycles. The Balaban J connectivity index is 1.92. The fourth-order valence-electron chi connectivity index (χ4n) is 2.00. The van der Waals surface area contributed by atoms with Gasteiger partial charge in [-0.25, -0.2) is 4.39 Å². The van der Waals surface area contributed by atoms with Gasteiger partial charge >= 0.3 is 0 Å². The lowest BCUT2D eigenvalue weighted by Crippen LogP contribution is -2.09. The fourth-order valence-corrected chi connectivity index (χ4v) is 2.00. The smallest absolute Gasteiger partial charge is 0.224 e. The number of benzene rings is 1. The average Bonchev–Trinajstić information content (AvgIpc) is 2.87. The first-order valence-electron chi connectivity index (χ1n) is 6.12. The van der Waals surface area contributed by atoms with Crippen LogP contribution in [0.15, 0.2) is 30.5 Å². The van der Waals surface area contributed by atoms with E-state index in [1.54, 1.807) is 18.3 Å². The number of rotatable bonds is 3. The number of fused-ring (bicyclic) bond motifs is 1. The number of nitrogens with zero attached hydrogens (tertiary/aromatic N) is 3. The first-order chi connectivity index (χ1) is 9.63. The monoisotopic (exact) mass is 272 g/mol. The molecule has 1 atom stereocenters. The Morgan fingerprint density at radius 1 is 1.25 bits per heavy atom. The molecular weight excluding hydrogens is 259 g/mol. The van der Waals surface area contributed by atoms with E-state index in [0.29, 0.717) is 11.5 Å². The third kappa shape index (κ3) is 2.25. The minimum Gasteiger partial charge on any atom is -0.368 e. The lowest BCUT2D eigenvalue weighted by Gasteiger charge is -2.15. The van der Waals surface area contributed by atoms with Crippen LogP contribution in [-0.2, 0) is 0 Å². The highest BCUT2D eigenvalue weighted by molar-refractivity contribution is 5.86.